The van der Waals surface area contributed by atoms with E-state index >= 15 is 0 Å². The third-order valence-corrected chi connectivity index (χ3v) is 8.71. The third kappa shape index (κ3) is 7.15. The molecule has 0 radical (unpaired) electrons. The van der Waals surface area contributed by atoms with Crippen LogP contribution in [0.5, 0.6) is 0 Å². The van der Waals surface area contributed by atoms with Crippen LogP contribution in [0, 0.1) is 0 Å². The van der Waals surface area contributed by atoms with Gasteiger partial charge in [0, 0.05) is 48.5 Å². The molecule has 39 heavy (non-hydrogen) atoms. The van der Waals surface area contributed by atoms with Gasteiger partial charge in [-0.25, -0.2) is 0 Å². The highest BCUT2D eigenvalue weighted by Crippen LogP contribution is 2.44. The smallest absolute Gasteiger partial charge is 0.232 e. The fourth-order valence-corrected chi connectivity index (χ4v) is 7.79. The lowest BCUT2D eigenvalue weighted by Crippen LogP contribution is -2.66. The van der Waals surface area contributed by atoms with Crippen molar-refractivity contribution < 1.29 is 9.47 Å². The summed E-state index contributed by atoms with van der Waals surface area (Å²) in [5.74, 6) is 1.27. The van der Waals surface area contributed by atoms with Gasteiger partial charge in [0.05, 0.1) is 0 Å². The van der Waals surface area contributed by atoms with Gasteiger partial charge in [-0.2, -0.15) is 15.0 Å². The SMILES string of the molecule is CCC(NC1CC(C)(C)N(c2nc(Cl)nc(N3C(C)(C)CC(NC(CC)OC)CC3(C)C)n2)C(C)(C)C1)OC. The molecule has 1 aromatic heterocycles. The summed E-state index contributed by atoms with van der Waals surface area (Å²) in [7, 11) is 3.53. The lowest BCUT2D eigenvalue weighted by Gasteiger charge is -2.57. The highest BCUT2D eigenvalue weighted by molar-refractivity contribution is 6.28. The number of ether oxygens (including phenoxy) is 2. The molecule has 10 heteroatoms. The molecule has 2 aliphatic rings. The largest absolute Gasteiger partial charge is 0.367 e. The number of nitrogens with zero attached hydrogens (tertiary/aromatic N) is 5. The first kappa shape index (κ1) is 32.3. The van der Waals surface area contributed by atoms with Crippen LogP contribution in [-0.4, -0.2) is 75.9 Å². The summed E-state index contributed by atoms with van der Waals surface area (Å²) in [6.45, 7) is 22.4. The number of rotatable bonds is 10. The summed E-state index contributed by atoms with van der Waals surface area (Å²) < 4.78 is 11.3. The molecule has 9 nitrogen and oxygen atoms in total. The Bertz CT molecular complexity index is 855. The monoisotopic (exact) mass is 567 g/mol. The van der Waals surface area contributed by atoms with E-state index in [4.69, 9.17) is 36.0 Å². The minimum Gasteiger partial charge on any atom is -0.367 e. The Kier molecular flexibility index (Phi) is 9.86. The van der Waals surface area contributed by atoms with Gasteiger partial charge in [0.25, 0.3) is 0 Å². The Morgan fingerprint density at radius 2 is 1.00 bits per heavy atom. The van der Waals surface area contributed by atoms with Crippen LogP contribution in [0.25, 0.3) is 0 Å². The van der Waals surface area contributed by atoms with E-state index in [1.54, 1.807) is 14.2 Å². The summed E-state index contributed by atoms with van der Waals surface area (Å²) in [6.07, 6.45) is 5.66. The average Bonchev–Trinajstić information content (AvgIpc) is 2.77. The predicted molar refractivity (Wildman–Crippen MR) is 161 cm³/mol. The van der Waals surface area contributed by atoms with Crippen molar-refractivity contribution in [3.63, 3.8) is 0 Å². The second-order valence-electron chi connectivity index (χ2n) is 13.9. The lowest BCUT2D eigenvalue weighted by molar-refractivity contribution is 0.0445. The van der Waals surface area contributed by atoms with E-state index in [-0.39, 0.29) is 39.9 Å². The van der Waals surface area contributed by atoms with Gasteiger partial charge in [0.1, 0.15) is 12.5 Å². The first-order chi connectivity index (χ1) is 18.0. The molecule has 0 aliphatic carbocycles. The van der Waals surface area contributed by atoms with Crippen molar-refractivity contribution in [1.82, 2.24) is 25.6 Å². The summed E-state index contributed by atoms with van der Waals surface area (Å²) in [6, 6.07) is 0.632. The lowest BCUT2D eigenvalue weighted by atomic mass is 9.77. The standard InChI is InChI=1S/C29H54ClN7O2/c1-13-21(38-11)31-19-15-26(3,4)36(27(5,6)16-19)24-33-23(30)34-25(35-24)37-28(7,8)17-20(18-29(37,9)10)32-22(14-2)39-12/h19-22,31-32H,13-18H2,1-12H3. The van der Waals surface area contributed by atoms with Crippen molar-refractivity contribution in [3.05, 3.63) is 5.28 Å². The van der Waals surface area contributed by atoms with Gasteiger partial charge < -0.3 is 19.3 Å². The Hall–Kier alpha value is -1.26. The zero-order valence-corrected chi connectivity index (χ0v) is 27.2. The maximum atomic E-state index is 6.66. The Labute approximate surface area is 242 Å². The van der Waals surface area contributed by atoms with E-state index in [0.29, 0.717) is 24.0 Å². The normalized spacial score (nSPS) is 24.5. The predicted octanol–water partition coefficient (Wildman–Crippen LogP) is 5.52. The molecule has 0 bridgehead atoms. The number of hydrogen-bond acceptors (Lipinski definition) is 9. The van der Waals surface area contributed by atoms with Crippen molar-refractivity contribution in [3.8, 4) is 0 Å². The maximum Gasteiger partial charge on any atom is 0.232 e. The minimum atomic E-state index is -0.218. The Balaban J connectivity index is 1.96. The molecule has 0 amide bonds. The summed E-state index contributed by atoms with van der Waals surface area (Å²) in [5.41, 5.74) is -0.870. The van der Waals surface area contributed by atoms with Crippen LogP contribution in [0.4, 0.5) is 11.9 Å². The van der Waals surface area contributed by atoms with Crippen LogP contribution >= 0.6 is 11.6 Å². The van der Waals surface area contributed by atoms with Crippen molar-refractivity contribution in [1.29, 1.82) is 0 Å². The molecule has 0 aromatic carbocycles. The minimum absolute atomic E-state index is 0.0461. The van der Waals surface area contributed by atoms with E-state index < -0.39 is 0 Å². The second-order valence-corrected chi connectivity index (χ2v) is 14.3. The summed E-state index contributed by atoms with van der Waals surface area (Å²) in [5, 5.41) is 7.64. The number of piperidine rings is 2. The van der Waals surface area contributed by atoms with Crippen molar-refractivity contribution in [2.45, 2.75) is 154 Å². The van der Waals surface area contributed by atoms with Gasteiger partial charge >= 0.3 is 0 Å². The molecule has 1 aromatic rings. The second kappa shape index (κ2) is 11.9. The number of nitrogens with one attached hydrogen (secondary N) is 2. The topological polar surface area (TPSA) is 87.7 Å². The number of anilines is 2. The van der Waals surface area contributed by atoms with Gasteiger partial charge in [-0.1, -0.05) is 13.8 Å². The van der Waals surface area contributed by atoms with Gasteiger partial charge in [-0.3, -0.25) is 10.6 Å². The number of aromatic nitrogens is 3. The van der Waals surface area contributed by atoms with Crippen LogP contribution in [0.15, 0.2) is 0 Å². The summed E-state index contributed by atoms with van der Waals surface area (Å²) >= 11 is 6.66. The van der Waals surface area contributed by atoms with E-state index in [0.717, 1.165) is 38.5 Å². The highest BCUT2D eigenvalue weighted by atomic mass is 35.5. The number of hydrogen-bond donors (Lipinski definition) is 2. The van der Waals surface area contributed by atoms with E-state index in [2.05, 4.69) is 89.7 Å². The van der Waals surface area contributed by atoms with Gasteiger partial charge in [-0.05, 0) is 106 Å². The van der Waals surface area contributed by atoms with Crippen LogP contribution in [0.2, 0.25) is 5.28 Å². The van der Waals surface area contributed by atoms with Gasteiger partial charge in [0.2, 0.25) is 17.2 Å². The van der Waals surface area contributed by atoms with Crippen LogP contribution in [0.1, 0.15) is 108 Å². The quantitative estimate of drug-likeness (QED) is 0.355. The molecular formula is C29H54ClN7O2. The fraction of sp³-hybridized carbons (Fsp3) is 0.897. The van der Waals surface area contributed by atoms with E-state index in [9.17, 15) is 0 Å². The first-order valence-corrected chi connectivity index (χ1v) is 15.0. The third-order valence-electron chi connectivity index (χ3n) is 8.54. The first-order valence-electron chi connectivity index (χ1n) is 14.6. The molecule has 2 fully saturated rings. The fourth-order valence-electron chi connectivity index (χ4n) is 7.64. The number of methoxy groups -OCH3 is 2. The molecule has 0 spiro atoms. The Morgan fingerprint density at radius 3 is 1.26 bits per heavy atom. The number of halogens is 1. The van der Waals surface area contributed by atoms with Crippen molar-refractivity contribution in [2.24, 2.45) is 0 Å². The molecule has 2 N–H and O–H groups in total. The molecule has 2 aliphatic heterocycles. The maximum absolute atomic E-state index is 6.66. The molecule has 3 heterocycles. The molecular weight excluding hydrogens is 514 g/mol. The molecule has 0 saturated carbocycles. The zero-order chi connectivity index (χ0) is 29.4. The van der Waals surface area contributed by atoms with E-state index in [1.807, 2.05) is 0 Å². The van der Waals surface area contributed by atoms with Crippen molar-refractivity contribution >= 4 is 23.5 Å². The van der Waals surface area contributed by atoms with Crippen LogP contribution in [0.3, 0.4) is 0 Å². The zero-order valence-electron chi connectivity index (χ0n) is 26.5. The highest BCUT2D eigenvalue weighted by Gasteiger charge is 2.50. The van der Waals surface area contributed by atoms with Crippen molar-refractivity contribution in [2.75, 3.05) is 24.0 Å². The molecule has 3 rings (SSSR count). The average molecular weight is 568 g/mol. The molecule has 2 atom stereocenters. The Morgan fingerprint density at radius 1 is 0.692 bits per heavy atom. The van der Waals surface area contributed by atoms with Crippen LogP contribution < -0.4 is 20.4 Å². The molecule has 2 unspecified atom stereocenters. The van der Waals surface area contributed by atoms with E-state index in [1.165, 1.54) is 0 Å². The van der Waals surface area contributed by atoms with Crippen LogP contribution in [-0.2, 0) is 9.47 Å². The van der Waals surface area contributed by atoms with Gasteiger partial charge in [-0.15, -0.1) is 0 Å². The summed E-state index contributed by atoms with van der Waals surface area (Å²) in [4.78, 5) is 19.3. The van der Waals surface area contributed by atoms with Gasteiger partial charge in [0.15, 0.2) is 0 Å². The molecule has 2 saturated heterocycles. The molecule has 224 valence electrons.